The molecule has 3 nitrogen and oxygen atoms in total. The highest BCUT2D eigenvalue weighted by Crippen LogP contribution is 2.55. The molecule has 0 bridgehead atoms. The Balaban J connectivity index is 2.23. The average Bonchev–Trinajstić information content (AvgIpc) is 3.12. The number of esters is 1. The van der Waals surface area contributed by atoms with Crippen molar-refractivity contribution in [1.29, 1.82) is 0 Å². The lowest BCUT2D eigenvalue weighted by Gasteiger charge is -2.35. The van der Waals surface area contributed by atoms with Gasteiger partial charge in [-0.05, 0) is 51.0 Å². The van der Waals surface area contributed by atoms with E-state index in [1.54, 1.807) is 19.1 Å². The molecular weight excluding hydrogens is 245 g/mol. The topological polar surface area (TPSA) is 38.3 Å². The molecule has 1 saturated carbocycles. The molecule has 4 heteroatoms. The zero-order valence-corrected chi connectivity index (χ0v) is 11.6. The van der Waals surface area contributed by atoms with E-state index < -0.39 is 5.54 Å². The molecule has 19 heavy (non-hydrogen) atoms. The Morgan fingerprint density at radius 2 is 2.00 bits per heavy atom. The minimum absolute atomic E-state index is 0.104. The summed E-state index contributed by atoms with van der Waals surface area (Å²) in [6.07, 6.45) is 1.97. The van der Waals surface area contributed by atoms with Crippen LogP contribution in [0.25, 0.3) is 0 Å². The van der Waals surface area contributed by atoms with E-state index in [1.807, 2.05) is 6.92 Å². The average molecular weight is 265 g/mol. The lowest BCUT2D eigenvalue weighted by atomic mass is 9.83. The number of hydrogen-bond donors (Lipinski definition) is 1. The molecule has 0 amide bonds. The Hall–Kier alpha value is -1.58. The third-order valence-corrected chi connectivity index (χ3v) is 4.13. The maximum absolute atomic E-state index is 12.9. The molecule has 0 aliphatic heterocycles. The van der Waals surface area contributed by atoms with Gasteiger partial charge in [0.2, 0.25) is 0 Å². The van der Waals surface area contributed by atoms with Gasteiger partial charge in [0.25, 0.3) is 0 Å². The van der Waals surface area contributed by atoms with Crippen molar-refractivity contribution in [2.75, 3.05) is 11.9 Å². The maximum Gasteiger partial charge on any atom is 0.332 e. The Kier molecular flexibility index (Phi) is 3.52. The fourth-order valence-corrected chi connectivity index (χ4v) is 2.23. The van der Waals surface area contributed by atoms with Gasteiger partial charge >= 0.3 is 5.97 Å². The number of ether oxygens (including phenoxy) is 1. The summed E-state index contributed by atoms with van der Waals surface area (Å²) in [7, 11) is 0. The van der Waals surface area contributed by atoms with Crippen LogP contribution in [0.15, 0.2) is 24.3 Å². The lowest BCUT2D eigenvalue weighted by molar-refractivity contribution is -0.150. The zero-order valence-electron chi connectivity index (χ0n) is 11.6. The van der Waals surface area contributed by atoms with Gasteiger partial charge < -0.3 is 10.1 Å². The molecule has 0 heterocycles. The third-order valence-electron chi connectivity index (χ3n) is 4.13. The number of halogens is 1. The van der Waals surface area contributed by atoms with Gasteiger partial charge in [-0.2, -0.15) is 0 Å². The summed E-state index contributed by atoms with van der Waals surface area (Å²) < 4.78 is 18.1. The zero-order chi connectivity index (χ0) is 14.1. The largest absolute Gasteiger partial charge is 0.464 e. The second-order valence-corrected chi connectivity index (χ2v) is 5.54. The number of benzene rings is 1. The number of hydrogen-bond acceptors (Lipinski definition) is 3. The Morgan fingerprint density at radius 1 is 1.42 bits per heavy atom. The summed E-state index contributed by atoms with van der Waals surface area (Å²) in [4.78, 5) is 12.3. The molecule has 1 aromatic carbocycles. The van der Waals surface area contributed by atoms with Crippen LogP contribution >= 0.6 is 0 Å². The molecule has 1 unspecified atom stereocenters. The van der Waals surface area contributed by atoms with Crippen molar-refractivity contribution in [3.63, 3.8) is 0 Å². The first-order valence-electron chi connectivity index (χ1n) is 6.62. The highest BCUT2D eigenvalue weighted by molar-refractivity contribution is 5.86. The van der Waals surface area contributed by atoms with Crippen molar-refractivity contribution >= 4 is 11.7 Å². The molecule has 1 N–H and O–H groups in total. The summed E-state index contributed by atoms with van der Waals surface area (Å²) in [5.74, 6) is -0.541. The number of rotatable bonds is 5. The monoisotopic (exact) mass is 265 g/mol. The van der Waals surface area contributed by atoms with Crippen molar-refractivity contribution in [3.8, 4) is 0 Å². The van der Waals surface area contributed by atoms with E-state index in [1.165, 1.54) is 12.1 Å². The third kappa shape index (κ3) is 2.57. The molecule has 1 aliphatic rings. The molecule has 2 rings (SSSR count). The van der Waals surface area contributed by atoms with Crippen LogP contribution in [0.1, 0.15) is 33.6 Å². The number of carbonyl (C=O) groups excluding carboxylic acids is 1. The number of carbonyl (C=O) groups is 1. The smallest absolute Gasteiger partial charge is 0.332 e. The van der Waals surface area contributed by atoms with Gasteiger partial charge in [0.15, 0.2) is 0 Å². The summed E-state index contributed by atoms with van der Waals surface area (Å²) >= 11 is 0. The molecule has 104 valence electrons. The molecule has 0 saturated heterocycles. The van der Waals surface area contributed by atoms with Crippen molar-refractivity contribution in [2.24, 2.45) is 5.41 Å². The van der Waals surface area contributed by atoms with Crippen LogP contribution in [0.2, 0.25) is 0 Å². The van der Waals surface area contributed by atoms with Gasteiger partial charge in [0.1, 0.15) is 11.4 Å². The van der Waals surface area contributed by atoms with Crippen LogP contribution in [0, 0.1) is 11.2 Å². The van der Waals surface area contributed by atoms with E-state index in [0.717, 1.165) is 18.5 Å². The maximum atomic E-state index is 12.9. The standard InChI is InChI=1S/C15H20FNO2/c1-4-19-13(18)15(3,14(2)9-10-14)17-12-7-5-11(16)6-8-12/h5-8,17H,4,9-10H2,1-3H3. The van der Waals surface area contributed by atoms with Gasteiger partial charge in [-0.1, -0.05) is 6.92 Å². The predicted octanol–water partition coefficient (Wildman–Crippen LogP) is 3.36. The minimum atomic E-state index is -0.777. The van der Waals surface area contributed by atoms with E-state index >= 15 is 0 Å². The summed E-state index contributed by atoms with van der Waals surface area (Å²) in [6, 6.07) is 6.03. The molecule has 1 aliphatic carbocycles. The summed E-state index contributed by atoms with van der Waals surface area (Å²) in [5, 5.41) is 3.23. The molecule has 0 spiro atoms. The van der Waals surface area contributed by atoms with Gasteiger partial charge in [0.05, 0.1) is 6.61 Å². The van der Waals surface area contributed by atoms with Gasteiger partial charge in [-0.3, -0.25) is 0 Å². The molecule has 1 aromatic rings. The Bertz CT molecular complexity index is 468. The first kappa shape index (κ1) is 13.8. The molecule has 0 aromatic heterocycles. The Morgan fingerprint density at radius 3 is 2.47 bits per heavy atom. The van der Waals surface area contributed by atoms with Gasteiger partial charge in [0, 0.05) is 11.1 Å². The van der Waals surface area contributed by atoms with Crippen molar-refractivity contribution in [3.05, 3.63) is 30.1 Å². The van der Waals surface area contributed by atoms with Crippen LogP contribution in [0.4, 0.5) is 10.1 Å². The Labute approximate surface area is 113 Å². The SMILES string of the molecule is CCOC(=O)C(C)(Nc1ccc(F)cc1)C1(C)CC1. The highest BCUT2D eigenvalue weighted by Gasteiger charge is 2.58. The predicted molar refractivity (Wildman–Crippen MR) is 72.4 cm³/mol. The van der Waals surface area contributed by atoms with E-state index in [9.17, 15) is 9.18 Å². The number of nitrogens with one attached hydrogen (secondary N) is 1. The van der Waals surface area contributed by atoms with Crippen LogP contribution in [-0.2, 0) is 9.53 Å². The van der Waals surface area contributed by atoms with E-state index in [0.29, 0.717) is 6.61 Å². The van der Waals surface area contributed by atoms with Crippen LogP contribution < -0.4 is 5.32 Å². The molecule has 0 radical (unpaired) electrons. The van der Waals surface area contributed by atoms with Crippen LogP contribution in [-0.4, -0.2) is 18.1 Å². The second kappa shape index (κ2) is 4.83. The quantitative estimate of drug-likeness (QED) is 0.830. The fourth-order valence-electron chi connectivity index (χ4n) is 2.23. The van der Waals surface area contributed by atoms with Gasteiger partial charge in [-0.15, -0.1) is 0 Å². The number of anilines is 1. The molecule has 1 fully saturated rings. The first-order chi connectivity index (χ1) is 8.91. The van der Waals surface area contributed by atoms with Crippen molar-refractivity contribution < 1.29 is 13.9 Å². The summed E-state index contributed by atoms with van der Waals surface area (Å²) in [6.45, 7) is 6.09. The van der Waals surface area contributed by atoms with Crippen molar-refractivity contribution in [1.82, 2.24) is 0 Å². The van der Waals surface area contributed by atoms with E-state index in [2.05, 4.69) is 12.2 Å². The second-order valence-electron chi connectivity index (χ2n) is 5.54. The van der Waals surface area contributed by atoms with E-state index in [-0.39, 0.29) is 17.2 Å². The highest BCUT2D eigenvalue weighted by atomic mass is 19.1. The van der Waals surface area contributed by atoms with Crippen LogP contribution in [0.3, 0.4) is 0 Å². The molecule has 1 atom stereocenters. The van der Waals surface area contributed by atoms with Gasteiger partial charge in [-0.25, -0.2) is 9.18 Å². The lowest BCUT2D eigenvalue weighted by Crippen LogP contribution is -2.51. The molecular formula is C15H20FNO2. The van der Waals surface area contributed by atoms with Crippen molar-refractivity contribution in [2.45, 2.75) is 39.2 Å². The fraction of sp³-hybridized carbons (Fsp3) is 0.533. The van der Waals surface area contributed by atoms with E-state index in [4.69, 9.17) is 4.74 Å². The first-order valence-corrected chi connectivity index (χ1v) is 6.62. The normalized spacial score (nSPS) is 19.4. The van der Waals surface area contributed by atoms with Crippen LogP contribution in [0.5, 0.6) is 0 Å². The minimum Gasteiger partial charge on any atom is -0.464 e. The summed E-state index contributed by atoms with van der Waals surface area (Å²) in [5.41, 5.74) is -0.154.